The van der Waals surface area contributed by atoms with Crippen LogP contribution in [0.25, 0.3) is 0 Å². The SMILES string of the molecule is CS(=O)(=O)N(Cc1ccc(Cl)cc1)c1cccc(N)c1. The highest BCUT2D eigenvalue weighted by molar-refractivity contribution is 7.92. The molecule has 0 aliphatic heterocycles. The van der Waals surface area contributed by atoms with Crippen molar-refractivity contribution in [1.82, 2.24) is 0 Å². The van der Waals surface area contributed by atoms with Crippen LogP contribution in [0.15, 0.2) is 48.5 Å². The second-order valence-corrected chi connectivity index (χ2v) is 6.83. The first kappa shape index (κ1) is 14.7. The van der Waals surface area contributed by atoms with Crippen LogP contribution >= 0.6 is 11.6 Å². The highest BCUT2D eigenvalue weighted by atomic mass is 35.5. The molecule has 0 unspecified atom stereocenters. The third-order valence-corrected chi connectivity index (χ3v) is 4.19. The van der Waals surface area contributed by atoms with E-state index >= 15 is 0 Å². The smallest absolute Gasteiger partial charge is 0.232 e. The average molecular weight is 311 g/mol. The second-order valence-electron chi connectivity index (χ2n) is 4.49. The molecule has 0 heterocycles. The molecule has 0 saturated heterocycles. The van der Waals surface area contributed by atoms with Crippen molar-refractivity contribution in [3.63, 3.8) is 0 Å². The van der Waals surface area contributed by atoms with Crippen LogP contribution in [-0.2, 0) is 16.6 Å². The Labute approximate surface area is 123 Å². The van der Waals surface area contributed by atoms with Gasteiger partial charge in [0.2, 0.25) is 10.0 Å². The average Bonchev–Trinajstić information content (AvgIpc) is 2.36. The molecular weight excluding hydrogens is 296 g/mol. The van der Waals surface area contributed by atoms with E-state index in [1.807, 2.05) is 0 Å². The highest BCUT2D eigenvalue weighted by Crippen LogP contribution is 2.23. The minimum absolute atomic E-state index is 0.236. The summed E-state index contributed by atoms with van der Waals surface area (Å²) in [7, 11) is -3.40. The van der Waals surface area contributed by atoms with E-state index in [2.05, 4.69) is 0 Å². The van der Waals surface area contributed by atoms with E-state index < -0.39 is 10.0 Å². The van der Waals surface area contributed by atoms with Gasteiger partial charge in [-0.05, 0) is 35.9 Å². The van der Waals surface area contributed by atoms with Gasteiger partial charge in [-0.3, -0.25) is 4.31 Å². The molecule has 0 atom stereocenters. The molecule has 0 radical (unpaired) electrons. The Morgan fingerprint density at radius 1 is 1.15 bits per heavy atom. The lowest BCUT2D eigenvalue weighted by atomic mass is 10.2. The van der Waals surface area contributed by atoms with Crippen molar-refractivity contribution < 1.29 is 8.42 Å². The second kappa shape index (κ2) is 5.73. The van der Waals surface area contributed by atoms with Crippen LogP contribution in [0, 0.1) is 0 Å². The van der Waals surface area contributed by atoms with Crippen LogP contribution in [0.4, 0.5) is 11.4 Å². The number of rotatable bonds is 4. The quantitative estimate of drug-likeness (QED) is 0.883. The van der Waals surface area contributed by atoms with E-state index in [0.717, 1.165) is 5.56 Å². The number of halogens is 1. The molecular formula is C14H15ClN2O2S. The van der Waals surface area contributed by atoms with Gasteiger partial charge in [0, 0.05) is 10.7 Å². The summed E-state index contributed by atoms with van der Waals surface area (Å²) in [6.07, 6.45) is 1.17. The first-order valence-electron chi connectivity index (χ1n) is 5.94. The molecule has 0 aromatic heterocycles. The van der Waals surface area contributed by atoms with Gasteiger partial charge in [-0.1, -0.05) is 29.8 Å². The Kier molecular flexibility index (Phi) is 4.20. The summed E-state index contributed by atoms with van der Waals surface area (Å²) in [6, 6.07) is 13.9. The lowest BCUT2D eigenvalue weighted by Crippen LogP contribution is -2.29. The van der Waals surface area contributed by atoms with Crippen molar-refractivity contribution in [3.05, 3.63) is 59.1 Å². The topological polar surface area (TPSA) is 63.4 Å². The van der Waals surface area contributed by atoms with E-state index in [9.17, 15) is 8.42 Å². The standard InChI is InChI=1S/C14H15ClN2O2S/c1-20(18,19)17(14-4-2-3-13(16)9-14)10-11-5-7-12(15)8-6-11/h2-9H,10,16H2,1H3. The van der Waals surface area contributed by atoms with Crippen LogP contribution < -0.4 is 10.0 Å². The summed E-state index contributed by atoms with van der Waals surface area (Å²) in [5.74, 6) is 0. The molecule has 106 valence electrons. The van der Waals surface area contributed by atoms with E-state index in [1.54, 1.807) is 48.5 Å². The normalized spacial score (nSPS) is 11.3. The molecule has 0 aliphatic rings. The Bertz CT molecular complexity index is 699. The minimum Gasteiger partial charge on any atom is -0.399 e. The van der Waals surface area contributed by atoms with Gasteiger partial charge >= 0.3 is 0 Å². The number of benzene rings is 2. The lowest BCUT2D eigenvalue weighted by molar-refractivity contribution is 0.596. The molecule has 2 aromatic carbocycles. The molecule has 4 nitrogen and oxygen atoms in total. The Morgan fingerprint density at radius 2 is 1.80 bits per heavy atom. The maximum absolute atomic E-state index is 12.0. The van der Waals surface area contributed by atoms with Crippen molar-refractivity contribution in [2.24, 2.45) is 0 Å². The summed E-state index contributed by atoms with van der Waals surface area (Å²) in [5, 5.41) is 0.614. The zero-order chi connectivity index (χ0) is 14.8. The van der Waals surface area contributed by atoms with E-state index in [4.69, 9.17) is 17.3 Å². The van der Waals surface area contributed by atoms with Crippen LogP contribution in [0.3, 0.4) is 0 Å². The largest absolute Gasteiger partial charge is 0.399 e. The molecule has 0 amide bonds. The first-order valence-corrected chi connectivity index (χ1v) is 8.16. The zero-order valence-electron chi connectivity index (χ0n) is 11.0. The number of hydrogen-bond donors (Lipinski definition) is 1. The van der Waals surface area contributed by atoms with E-state index in [-0.39, 0.29) is 6.54 Å². The number of anilines is 2. The Morgan fingerprint density at radius 3 is 2.35 bits per heavy atom. The summed E-state index contributed by atoms with van der Waals surface area (Å²) in [4.78, 5) is 0. The molecule has 0 spiro atoms. The van der Waals surface area contributed by atoms with Gasteiger partial charge in [0.15, 0.2) is 0 Å². The van der Waals surface area contributed by atoms with Crippen molar-refractivity contribution in [2.45, 2.75) is 6.54 Å². The van der Waals surface area contributed by atoms with Crippen LogP contribution in [0.1, 0.15) is 5.56 Å². The maximum atomic E-state index is 12.0. The van der Waals surface area contributed by atoms with E-state index in [0.29, 0.717) is 16.4 Å². The van der Waals surface area contributed by atoms with Crippen LogP contribution in [-0.4, -0.2) is 14.7 Å². The summed E-state index contributed by atoms with van der Waals surface area (Å²) in [6.45, 7) is 0.236. The van der Waals surface area contributed by atoms with Gasteiger partial charge in [0.25, 0.3) is 0 Å². The fourth-order valence-electron chi connectivity index (χ4n) is 1.84. The lowest BCUT2D eigenvalue weighted by Gasteiger charge is -2.22. The van der Waals surface area contributed by atoms with Gasteiger partial charge < -0.3 is 5.73 Å². The fourth-order valence-corrected chi connectivity index (χ4v) is 2.84. The van der Waals surface area contributed by atoms with Gasteiger partial charge in [-0.2, -0.15) is 0 Å². The van der Waals surface area contributed by atoms with Crippen molar-refractivity contribution in [1.29, 1.82) is 0 Å². The predicted molar refractivity (Wildman–Crippen MR) is 83.3 cm³/mol. The molecule has 6 heteroatoms. The molecule has 0 fully saturated rings. The molecule has 0 bridgehead atoms. The Hall–Kier alpha value is -1.72. The monoisotopic (exact) mass is 310 g/mol. The van der Waals surface area contributed by atoms with Gasteiger partial charge in [-0.15, -0.1) is 0 Å². The molecule has 2 rings (SSSR count). The van der Waals surface area contributed by atoms with Crippen LogP contribution in [0.2, 0.25) is 5.02 Å². The zero-order valence-corrected chi connectivity index (χ0v) is 12.5. The fraction of sp³-hybridized carbons (Fsp3) is 0.143. The number of hydrogen-bond acceptors (Lipinski definition) is 3. The highest BCUT2D eigenvalue weighted by Gasteiger charge is 2.17. The summed E-state index contributed by atoms with van der Waals surface area (Å²) >= 11 is 5.83. The molecule has 0 aliphatic carbocycles. The van der Waals surface area contributed by atoms with Gasteiger partial charge in [0.05, 0.1) is 18.5 Å². The van der Waals surface area contributed by atoms with Crippen molar-refractivity contribution >= 4 is 33.0 Å². The number of nitrogen functional groups attached to an aromatic ring is 1. The van der Waals surface area contributed by atoms with Crippen molar-refractivity contribution in [3.8, 4) is 0 Å². The summed E-state index contributed by atoms with van der Waals surface area (Å²) in [5.41, 5.74) is 7.63. The third kappa shape index (κ3) is 3.65. The third-order valence-electron chi connectivity index (χ3n) is 2.80. The number of nitrogens with zero attached hydrogens (tertiary/aromatic N) is 1. The molecule has 20 heavy (non-hydrogen) atoms. The van der Waals surface area contributed by atoms with Gasteiger partial charge in [-0.25, -0.2) is 8.42 Å². The van der Waals surface area contributed by atoms with E-state index in [1.165, 1.54) is 10.6 Å². The molecule has 2 N–H and O–H groups in total. The predicted octanol–water partition coefficient (Wildman–Crippen LogP) is 2.89. The number of nitrogens with two attached hydrogens (primary N) is 1. The van der Waals surface area contributed by atoms with Gasteiger partial charge in [0.1, 0.15) is 0 Å². The minimum atomic E-state index is -3.40. The van der Waals surface area contributed by atoms with Crippen molar-refractivity contribution in [2.75, 3.05) is 16.3 Å². The summed E-state index contributed by atoms with van der Waals surface area (Å²) < 4.78 is 25.3. The molecule has 0 saturated carbocycles. The molecule has 2 aromatic rings. The maximum Gasteiger partial charge on any atom is 0.232 e. The first-order chi connectivity index (χ1) is 9.36. The van der Waals surface area contributed by atoms with Crippen LogP contribution in [0.5, 0.6) is 0 Å². The number of sulfonamides is 1. The Balaban J connectivity index is 2.37.